The second-order valence-corrected chi connectivity index (χ2v) is 6.65. The van der Waals surface area contributed by atoms with Crippen LogP contribution in [-0.2, 0) is 16.0 Å². The summed E-state index contributed by atoms with van der Waals surface area (Å²) in [5.74, 6) is -0.683. The van der Waals surface area contributed by atoms with Crippen molar-refractivity contribution in [2.45, 2.75) is 34.1 Å². The van der Waals surface area contributed by atoms with E-state index in [1.165, 1.54) is 16.9 Å². The zero-order chi connectivity index (χ0) is 17.7. The summed E-state index contributed by atoms with van der Waals surface area (Å²) in [6.45, 7) is 7.80. The van der Waals surface area contributed by atoms with E-state index in [2.05, 4.69) is 12.2 Å². The zero-order valence-corrected chi connectivity index (χ0v) is 15.3. The van der Waals surface area contributed by atoms with E-state index < -0.39 is 5.97 Å². The fraction of sp³-hybridized carbons (Fsp3) is 0.368. The molecule has 0 saturated heterocycles. The standard InChI is InChI=1S/C19H23NO3S/c1-5-13-7-9-14(10-8-13)15-11-24-18(20-17(21)12(3)4)16(15)19(22)23-6-2/h7-12H,5-6H2,1-4H3,(H,20,21). The minimum atomic E-state index is -0.410. The van der Waals surface area contributed by atoms with E-state index in [9.17, 15) is 9.59 Å². The first-order valence-electron chi connectivity index (χ1n) is 8.16. The molecule has 0 bridgehead atoms. The van der Waals surface area contributed by atoms with Crippen LogP contribution in [0.1, 0.15) is 43.6 Å². The molecule has 1 N–H and O–H groups in total. The van der Waals surface area contributed by atoms with Crippen molar-refractivity contribution < 1.29 is 14.3 Å². The van der Waals surface area contributed by atoms with Crippen LogP contribution in [0.25, 0.3) is 11.1 Å². The summed E-state index contributed by atoms with van der Waals surface area (Å²) in [4.78, 5) is 24.4. The molecule has 1 aromatic heterocycles. The van der Waals surface area contributed by atoms with E-state index in [1.54, 1.807) is 6.92 Å². The maximum Gasteiger partial charge on any atom is 0.341 e. The van der Waals surface area contributed by atoms with Crippen molar-refractivity contribution in [2.24, 2.45) is 5.92 Å². The minimum absolute atomic E-state index is 0.115. The van der Waals surface area contributed by atoms with Gasteiger partial charge in [0.1, 0.15) is 10.6 Å². The predicted octanol–water partition coefficient (Wildman–Crippen LogP) is 4.75. The van der Waals surface area contributed by atoms with Crippen LogP contribution in [0.4, 0.5) is 5.00 Å². The van der Waals surface area contributed by atoms with E-state index in [-0.39, 0.29) is 11.8 Å². The van der Waals surface area contributed by atoms with Gasteiger partial charge in [-0.1, -0.05) is 45.0 Å². The maximum atomic E-state index is 12.4. The first-order chi connectivity index (χ1) is 11.5. The molecule has 0 saturated carbocycles. The lowest BCUT2D eigenvalue weighted by molar-refractivity contribution is -0.118. The fourth-order valence-corrected chi connectivity index (χ4v) is 3.20. The Morgan fingerprint density at radius 2 is 1.83 bits per heavy atom. The Morgan fingerprint density at radius 1 is 1.17 bits per heavy atom. The van der Waals surface area contributed by atoms with Gasteiger partial charge in [0.2, 0.25) is 5.91 Å². The summed E-state index contributed by atoms with van der Waals surface area (Å²) in [5.41, 5.74) is 3.40. The van der Waals surface area contributed by atoms with Gasteiger partial charge in [-0.15, -0.1) is 11.3 Å². The number of rotatable bonds is 6. The number of thiophene rings is 1. The van der Waals surface area contributed by atoms with Gasteiger partial charge in [0, 0.05) is 16.9 Å². The molecular weight excluding hydrogens is 322 g/mol. The number of esters is 1. The third kappa shape index (κ3) is 4.03. The van der Waals surface area contributed by atoms with Gasteiger partial charge in [-0.2, -0.15) is 0 Å². The molecule has 0 aliphatic rings. The van der Waals surface area contributed by atoms with Crippen molar-refractivity contribution in [3.63, 3.8) is 0 Å². The first kappa shape index (κ1) is 18.2. The lowest BCUT2D eigenvalue weighted by atomic mass is 10.0. The topological polar surface area (TPSA) is 55.4 Å². The van der Waals surface area contributed by atoms with Crippen LogP contribution in [0.15, 0.2) is 29.6 Å². The monoisotopic (exact) mass is 345 g/mol. The summed E-state index contributed by atoms with van der Waals surface area (Å²) in [6.07, 6.45) is 0.963. The largest absolute Gasteiger partial charge is 0.462 e. The minimum Gasteiger partial charge on any atom is -0.462 e. The lowest BCUT2D eigenvalue weighted by Gasteiger charge is -2.10. The number of carbonyl (C=O) groups excluding carboxylic acids is 2. The second kappa shape index (κ2) is 8.11. The molecular formula is C19H23NO3S. The summed E-state index contributed by atoms with van der Waals surface area (Å²) in [7, 11) is 0. The highest BCUT2D eigenvalue weighted by Gasteiger charge is 2.23. The molecule has 0 aliphatic carbocycles. The Hall–Kier alpha value is -2.14. The Kier molecular flexibility index (Phi) is 6.15. The van der Waals surface area contributed by atoms with Crippen LogP contribution in [-0.4, -0.2) is 18.5 Å². The molecule has 0 fully saturated rings. The SMILES string of the molecule is CCOC(=O)c1c(-c2ccc(CC)cc2)csc1NC(=O)C(C)C. The molecule has 2 rings (SSSR count). The van der Waals surface area contributed by atoms with Crippen molar-refractivity contribution in [3.05, 3.63) is 40.8 Å². The number of amides is 1. The Bertz CT molecular complexity index is 717. The van der Waals surface area contributed by atoms with Crippen molar-refractivity contribution >= 4 is 28.2 Å². The van der Waals surface area contributed by atoms with Crippen LogP contribution >= 0.6 is 11.3 Å². The molecule has 128 valence electrons. The van der Waals surface area contributed by atoms with Crippen LogP contribution in [0.3, 0.4) is 0 Å². The molecule has 5 heteroatoms. The molecule has 2 aromatic rings. The van der Waals surface area contributed by atoms with Crippen LogP contribution < -0.4 is 5.32 Å². The molecule has 1 heterocycles. The summed E-state index contributed by atoms with van der Waals surface area (Å²) < 4.78 is 5.19. The average molecular weight is 345 g/mol. The van der Waals surface area contributed by atoms with Gasteiger partial charge < -0.3 is 10.1 Å². The highest BCUT2D eigenvalue weighted by atomic mass is 32.1. The highest BCUT2D eigenvalue weighted by molar-refractivity contribution is 7.15. The number of benzene rings is 1. The Morgan fingerprint density at radius 3 is 2.38 bits per heavy atom. The van der Waals surface area contributed by atoms with Gasteiger partial charge >= 0.3 is 5.97 Å². The molecule has 1 aromatic carbocycles. The summed E-state index contributed by atoms with van der Waals surface area (Å²) in [5, 5.41) is 5.28. The number of nitrogens with one attached hydrogen (secondary N) is 1. The van der Waals surface area contributed by atoms with Crippen LogP contribution in [0.5, 0.6) is 0 Å². The number of hydrogen-bond acceptors (Lipinski definition) is 4. The van der Waals surface area contributed by atoms with E-state index in [1.807, 2.05) is 43.5 Å². The normalized spacial score (nSPS) is 10.7. The van der Waals surface area contributed by atoms with Crippen molar-refractivity contribution in [1.29, 1.82) is 0 Å². The van der Waals surface area contributed by atoms with Gasteiger partial charge in [-0.25, -0.2) is 4.79 Å². The van der Waals surface area contributed by atoms with E-state index in [0.29, 0.717) is 17.2 Å². The quantitative estimate of drug-likeness (QED) is 0.769. The number of carbonyl (C=O) groups is 2. The third-order valence-electron chi connectivity index (χ3n) is 3.70. The molecule has 0 aliphatic heterocycles. The predicted molar refractivity (Wildman–Crippen MR) is 98.6 cm³/mol. The van der Waals surface area contributed by atoms with Gasteiger partial charge in [-0.05, 0) is 24.5 Å². The number of anilines is 1. The maximum absolute atomic E-state index is 12.4. The Labute approximate surface area is 146 Å². The highest BCUT2D eigenvalue weighted by Crippen LogP contribution is 2.36. The molecule has 24 heavy (non-hydrogen) atoms. The number of aryl methyl sites for hydroxylation is 1. The molecule has 0 spiro atoms. The average Bonchev–Trinajstić information content (AvgIpc) is 2.98. The molecule has 0 radical (unpaired) electrons. The van der Waals surface area contributed by atoms with E-state index in [0.717, 1.165) is 17.5 Å². The van der Waals surface area contributed by atoms with Crippen LogP contribution in [0, 0.1) is 5.92 Å². The van der Waals surface area contributed by atoms with Crippen LogP contribution in [0.2, 0.25) is 0 Å². The van der Waals surface area contributed by atoms with Gasteiger partial charge in [0.15, 0.2) is 0 Å². The molecule has 0 unspecified atom stereocenters. The number of ether oxygens (including phenoxy) is 1. The van der Waals surface area contributed by atoms with Crippen molar-refractivity contribution in [3.8, 4) is 11.1 Å². The van der Waals surface area contributed by atoms with Gasteiger partial charge in [0.25, 0.3) is 0 Å². The smallest absolute Gasteiger partial charge is 0.341 e. The first-order valence-corrected chi connectivity index (χ1v) is 9.04. The summed E-state index contributed by atoms with van der Waals surface area (Å²) in [6, 6.07) is 8.10. The molecule has 4 nitrogen and oxygen atoms in total. The fourth-order valence-electron chi connectivity index (χ4n) is 2.24. The van der Waals surface area contributed by atoms with E-state index >= 15 is 0 Å². The number of hydrogen-bond donors (Lipinski definition) is 1. The Balaban J connectivity index is 2.44. The second-order valence-electron chi connectivity index (χ2n) is 5.77. The van der Waals surface area contributed by atoms with E-state index in [4.69, 9.17) is 4.74 Å². The van der Waals surface area contributed by atoms with Gasteiger partial charge in [0.05, 0.1) is 6.61 Å². The zero-order valence-electron chi connectivity index (χ0n) is 14.5. The molecule has 0 atom stereocenters. The van der Waals surface area contributed by atoms with Crippen molar-refractivity contribution in [2.75, 3.05) is 11.9 Å². The third-order valence-corrected chi connectivity index (χ3v) is 4.60. The summed E-state index contributed by atoms with van der Waals surface area (Å²) >= 11 is 1.35. The van der Waals surface area contributed by atoms with Crippen molar-refractivity contribution in [1.82, 2.24) is 0 Å². The lowest BCUT2D eigenvalue weighted by Crippen LogP contribution is -2.19. The molecule has 1 amide bonds. The van der Waals surface area contributed by atoms with Gasteiger partial charge in [-0.3, -0.25) is 4.79 Å².